The van der Waals surface area contributed by atoms with Gasteiger partial charge in [-0.1, -0.05) is 72.6 Å². The van der Waals surface area contributed by atoms with Gasteiger partial charge in [-0.05, 0) is 25.7 Å². The Bertz CT molecular complexity index is 391. The molecule has 0 heterocycles. The molecule has 0 bridgehead atoms. The summed E-state index contributed by atoms with van der Waals surface area (Å²) in [6.07, 6.45) is 7.98. The summed E-state index contributed by atoms with van der Waals surface area (Å²) in [6, 6.07) is 0. The lowest BCUT2D eigenvalue weighted by Gasteiger charge is -2.27. The van der Waals surface area contributed by atoms with Crippen LogP contribution in [0.1, 0.15) is 98.3 Å². The Hall–Kier alpha value is -1.59. The summed E-state index contributed by atoms with van der Waals surface area (Å²) < 4.78 is 16.0. The summed E-state index contributed by atoms with van der Waals surface area (Å²) in [5, 5.41) is 0. The molecule has 0 saturated carbocycles. The van der Waals surface area contributed by atoms with Crippen LogP contribution >= 0.6 is 0 Å². The Morgan fingerprint density at radius 2 is 0.893 bits per heavy atom. The minimum absolute atomic E-state index is 0.0634. The molecule has 0 saturated heterocycles. The van der Waals surface area contributed by atoms with Crippen molar-refractivity contribution in [2.24, 2.45) is 5.41 Å². The van der Waals surface area contributed by atoms with Crippen LogP contribution < -0.4 is 0 Å². The second-order valence-electron chi connectivity index (χ2n) is 7.18. The third-order valence-corrected chi connectivity index (χ3v) is 4.64. The number of unbranched alkanes of at least 4 members (excludes halogenated alkanes) is 6. The number of ether oxygens (including phenoxy) is 3. The quantitative estimate of drug-likeness (QED) is 0.148. The Kier molecular flexibility index (Phi) is 15.4. The molecule has 0 aromatic carbocycles. The maximum absolute atomic E-state index is 12.9. The van der Waals surface area contributed by atoms with Gasteiger partial charge in [-0.25, -0.2) is 0 Å². The number of hydrogen-bond donors (Lipinski definition) is 0. The van der Waals surface area contributed by atoms with Crippen molar-refractivity contribution < 1.29 is 28.6 Å². The number of esters is 3. The summed E-state index contributed by atoms with van der Waals surface area (Å²) in [6.45, 7) is 8.53. The lowest BCUT2D eigenvalue weighted by molar-refractivity contribution is -0.185. The fourth-order valence-electron chi connectivity index (χ4n) is 2.67. The molecule has 0 fully saturated rings. The van der Waals surface area contributed by atoms with E-state index in [1.54, 1.807) is 0 Å². The molecule has 6 nitrogen and oxygen atoms in total. The summed E-state index contributed by atoms with van der Waals surface area (Å²) in [5.74, 6) is -2.50. The van der Waals surface area contributed by atoms with Crippen molar-refractivity contribution >= 4 is 17.9 Å². The molecule has 0 radical (unpaired) electrons. The first-order chi connectivity index (χ1) is 13.5. The van der Waals surface area contributed by atoms with Gasteiger partial charge in [0.25, 0.3) is 5.41 Å². The van der Waals surface area contributed by atoms with E-state index in [2.05, 4.69) is 6.92 Å². The normalized spacial score (nSPS) is 11.1. The van der Waals surface area contributed by atoms with Gasteiger partial charge in [0.2, 0.25) is 0 Å². The van der Waals surface area contributed by atoms with Gasteiger partial charge in [0.1, 0.15) is 0 Å². The van der Waals surface area contributed by atoms with Gasteiger partial charge in [-0.2, -0.15) is 0 Å². The van der Waals surface area contributed by atoms with Crippen LogP contribution in [0.25, 0.3) is 0 Å². The highest BCUT2D eigenvalue weighted by Crippen LogP contribution is 2.32. The SMILES string of the molecule is CCCCCCC(C(=O)OCCCC)(C(=O)OCCCC)C(=O)OCCCC. The zero-order valence-corrected chi connectivity index (χ0v) is 18.3. The van der Waals surface area contributed by atoms with Crippen molar-refractivity contribution in [1.29, 1.82) is 0 Å². The molecule has 28 heavy (non-hydrogen) atoms. The summed E-state index contributed by atoms with van der Waals surface area (Å²) >= 11 is 0. The molecule has 0 rings (SSSR count). The standard InChI is InChI=1S/C22H40O6/c1-5-9-13-14-15-22(19(23)26-16-10-6-2,20(24)27-17-11-7-3)21(25)28-18-12-8-4/h5-18H2,1-4H3. The van der Waals surface area contributed by atoms with E-state index in [-0.39, 0.29) is 26.2 Å². The van der Waals surface area contributed by atoms with Gasteiger partial charge in [-0.3, -0.25) is 14.4 Å². The van der Waals surface area contributed by atoms with E-state index in [1.165, 1.54) is 0 Å². The predicted octanol–water partition coefficient (Wildman–Crippen LogP) is 4.97. The van der Waals surface area contributed by atoms with Crippen LogP contribution in [0, 0.1) is 5.41 Å². The van der Waals surface area contributed by atoms with E-state index in [9.17, 15) is 14.4 Å². The van der Waals surface area contributed by atoms with Crippen LogP contribution in [-0.2, 0) is 28.6 Å². The monoisotopic (exact) mass is 400 g/mol. The minimum atomic E-state index is -2.01. The van der Waals surface area contributed by atoms with Crippen molar-refractivity contribution in [2.75, 3.05) is 19.8 Å². The summed E-state index contributed by atoms with van der Waals surface area (Å²) in [5.41, 5.74) is -2.01. The fraction of sp³-hybridized carbons (Fsp3) is 0.864. The van der Waals surface area contributed by atoms with E-state index in [0.29, 0.717) is 25.7 Å². The molecule has 6 heteroatoms. The lowest BCUT2D eigenvalue weighted by atomic mass is 9.82. The average molecular weight is 401 g/mol. The van der Waals surface area contributed by atoms with E-state index in [0.717, 1.165) is 38.5 Å². The van der Waals surface area contributed by atoms with Gasteiger partial charge >= 0.3 is 17.9 Å². The second kappa shape index (κ2) is 16.4. The highest BCUT2D eigenvalue weighted by Gasteiger charge is 2.56. The van der Waals surface area contributed by atoms with Gasteiger partial charge in [0.05, 0.1) is 19.8 Å². The van der Waals surface area contributed by atoms with Crippen LogP contribution in [0.3, 0.4) is 0 Å². The zero-order chi connectivity index (χ0) is 21.3. The van der Waals surface area contributed by atoms with Gasteiger partial charge in [0, 0.05) is 0 Å². The average Bonchev–Trinajstić information content (AvgIpc) is 2.68. The molecule has 0 aliphatic heterocycles. The Balaban J connectivity index is 5.54. The maximum atomic E-state index is 12.9. The number of carbonyl (C=O) groups is 3. The van der Waals surface area contributed by atoms with E-state index in [1.807, 2.05) is 20.8 Å². The molecule has 0 aromatic heterocycles. The van der Waals surface area contributed by atoms with Crippen LogP contribution in [0.5, 0.6) is 0 Å². The van der Waals surface area contributed by atoms with Crippen LogP contribution in [0.4, 0.5) is 0 Å². The molecule has 0 aromatic rings. The summed E-state index contributed by atoms with van der Waals surface area (Å²) in [4.78, 5) is 38.8. The number of carbonyl (C=O) groups excluding carboxylic acids is 3. The minimum Gasteiger partial charge on any atom is -0.464 e. The smallest absolute Gasteiger partial charge is 0.335 e. The second-order valence-corrected chi connectivity index (χ2v) is 7.18. The molecule has 0 N–H and O–H groups in total. The molecule has 0 aliphatic rings. The van der Waals surface area contributed by atoms with Crippen LogP contribution in [0.15, 0.2) is 0 Å². The molecule has 0 atom stereocenters. The molecule has 0 aliphatic carbocycles. The summed E-state index contributed by atoms with van der Waals surface area (Å²) in [7, 11) is 0. The largest absolute Gasteiger partial charge is 0.464 e. The zero-order valence-electron chi connectivity index (χ0n) is 18.3. The van der Waals surface area contributed by atoms with Crippen molar-refractivity contribution in [3.63, 3.8) is 0 Å². The number of hydrogen-bond acceptors (Lipinski definition) is 6. The highest BCUT2D eigenvalue weighted by atomic mass is 16.6. The van der Waals surface area contributed by atoms with E-state index >= 15 is 0 Å². The molecular formula is C22H40O6. The third kappa shape index (κ3) is 9.07. The highest BCUT2D eigenvalue weighted by molar-refractivity contribution is 6.17. The third-order valence-electron chi connectivity index (χ3n) is 4.64. The first-order valence-corrected chi connectivity index (χ1v) is 11.0. The topological polar surface area (TPSA) is 78.9 Å². The molecule has 0 spiro atoms. The molecule has 0 amide bonds. The lowest BCUT2D eigenvalue weighted by Crippen LogP contribution is -2.49. The Morgan fingerprint density at radius 3 is 1.21 bits per heavy atom. The fourth-order valence-corrected chi connectivity index (χ4v) is 2.67. The van der Waals surface area contributed by atoms with Crippen molar-refractivity contribution in [1.82, 2.24) is 0 Å². The van der Waals surface area contributed by atoms with Gasteiger partial charge in [-0.15, -0.1) is 0 Å². The van der Waals surface area contributed by atoms with Crippen LogP contribution in [0.2, 0.25) is 0 Å². The number of rotatable bonds is 17. The maximum Gasteiger partial charge on any atom is 0.335 e. The van der Waals surface area contributed by atoms with E-state index < -0.39 is 23.3 Å². The van der Waals surface area contributed by atoms with Crippen LogP contribution in [-0.4, -0.2) is 37.7 Å². The van der Waals surface area contributed by atoms with Crippen molar-refractivity contribution in [2.45, 2.75) is 98.3 Å². The molecule has 164 valence electrons. The van der Waals surface area contributed by atoms with Crippen molar-refractivity contribution in [3.8, 4) is 0 Å². The molecule has 0 unspecified atom stereocenters. The van der Waals surface area contributed by atoms with Crippen molar-refractivity contribution in [3.05, 3.63) is 0 Å². The predicted molar refractivity (Wildman–Crippen MR) is 109 cm³/mol. The van der Waals surface area contributed by atoms with E-state index in [4.69, 9.17) is 14.2 Å². The molecular weight excluding hydrogens is 360 g/mol. The van der Waals surface area contributed by atoms with Gasteiger partial charge in [0.15, 0.2) is 0 Å². The van der Waals surface area contributed by atoms with Gasteiger partial charge < -0.3 is 14.2 Å². The Morgan fingerprint density at radius 1 is 0.536 bits per heavy atom. The Labute approximate surface area is 170 Å². The first kappa shape index (κ1) is 26.4. The first-order valence-electron chi connectivity index (χ1n) is 11.0.